The lowest BCUT2D eigenvalue weighted by atomic mass is 9.98. The molecule has 35 heavy (non-hydrogen) atoms. The summed E-state index contributed by atoms with van der Waals surface area (Å²) in [6.07, 6.45) is 1.48. The summed E-state index contributed by atoms with van der Waals surface area (Å²) in [7, 11) is 0. The van der Waals surface area contributed by atoms with Crippen molar-refractivity contribution in [3.63, 3.8) is 0 Å². The maximum absolute atomic E-state index is 10.9. The molecular weight excluding hydrogens is 442 g/mol. The van der Waals surface area contributed by atoms with Crippen molar-refractivity contribution in [3.05, 3.63) is 118 Å². The maximum atomic E-state index is 10.9. The van der Waals surface area contributed by atoms with E-state index in [9.17, 15) is 15.4 Å². The monoisotopic (exact) mass is 459 g/mol. The van der Waals surface area contributed by atoms with E-state index in [-0.39, 0.29) is 11.6 Å². The number of nitrogens with zero attached hydrogens (tertiary/aromatic N) is 3. The number of aliphatic imine (C=N–C) groups is 1. The highest BCUT2D eigenvalue weighted by molar-refractivity contribution is 5.89. The summed E-state index contributed by atoms with van der Waals surface area (Å²) < 4.78 is 11.9. The number of rotatable bonds is 6. The zero-order valence-corrected chi connectivity index (χ0v) is 18.3. The largest absolute Gasteiger partial charge is 0.455 e. The van der Waals surface area contributed by atoms with Crippen LogP contribution in [0, 0.1) is 21.4 Å². The minimum Gasteiger partial charge on any atom is -0.455 e. The van der Waals surface area contributed by atoms with Crippen LogP contribution in [0.1, 0.15) is 11.3 Å². The second-order valence-corrected chi connectivity index (χ2v) is 7.59. The predicted molar refractivity (Wildman–Crippen MR) is 132 cm³/mol. The number of benzene rings is 3. The minimum atomic E-state index is -0.451. The van der Waals surface area contributed by atoms with Gasteiger partial charge in [0.25, 0.3) is 5.69 Å². The van der Waals surface area contributed by atoms with E-state index in [2.05, 4.69) is 11.1 Å². The number of nitriles is 1. The van der Waals surface area contributed by atoms with Crippen LogP contribution in [0.25, 0.3) is 33.8 Å². The predicted octanol–water partition coefficient (Wildman–Crippen LogP) is 7.40. The lowest BCUT2D eigenvalue weighted by Crippen LogP contribution is -1.86. The molecule has 5 rings (SSSR count). The molecule has 7 nitrogen and oxygen atoms in total. The summed E-state index contributed by atoms with van der Waals surface area (Å²) in [6, 6.07) is 30.9. The Hall–Kier alpha value is -5.22. The van der Waals surface area contributed by atoms with Gasteiger partial charge in [0.15, 0.2) is 0 Å². The lowest BCUT2D eigenvalue weighted by molar-refractivity contribution is -0.384. The number of furan rings is 2. The quantitative estimate of drug-likeness (QED) is 0.149. The van der Waals surface area contributed by atoms with Crippen LogP contribution in [0.4, 0.5) is 11.6 Å². The van der Waals surface area contributed by atoms with E-state index < -0.39 is 4.92 Å². The van der Waals surface area contributed by atoms with E-state index in [1.807, 2.05) is 60.7 Å². The number of nitro benzene ring substituents is 1. The summed E-state index contributed by atoms with van der Waals surface area (Å²) in [4.78, 5) is 14.8. The summed E-state index contributed by atoms with van der Waals surface area (Å²) in [5, 5.41) is 20.8. The highest BCUT2D eigenvalue weighted by Crippen LogP contribution is 2.42. The fraction of sp³-hybridized carbons (Fsp3) is 0. The van der Waals surface area contributed by atoms with Crippen molar-refractivity contribution in [3.8, 4) is 39.8 Å². The molecule has 0 spiro atoms. The van der Waals surface area contributed by atoms with Gasteiger partial charge in [-0.3, -0.25) is 10.1 Å². The Balaban J connectivity index is 1.51. The Morgan fingerprint density at radius 1 is 0.800 bits per heavy atom. The van der Waals surface area contributed by atoms with Gasteiger partial charge in [0.05, 0.1) is 11.1 Å². The van der Waals surface area contributed by atoms with Gasteiger partial charge in [-0.05, 0) is 29.8 Å². The van der Waals surface area contributed by atoms with Crippen LogP contribution in [0.3, 0.4) is 0 Å². The van der Waals surface area contributed by atoms with Crippen molar-refractivity contribution >= 4 is 17.8 Å². The van der Waals surface area contributed by atoms with Gasteiger partial charge in [0.2, 0.25) is 5.88 Å². The molecule has 2 aromatic heterocycles. The first-order chi connectivity index (χ1) is 17.1. The fourth-order valence-corrected chi connectivity index (χ4v) is 3.73. The number of hydrogen-bond donors (Lipinski definition) is 0. The van der Waals surface area contributed by atoms with Gasteiger partial charge in [-0.1, -0.05) is 60.7 Å². The van der Waals surface area contributed by atoms with Gasteiger partial charge in [-0.15, -0.1) is 0 Å². The Labute approximate surface area is 200 Å². The Morgan fingerprint density at radius 3 is 2.09 bits per heavy atom. The van der Waals surface area contributed by atoms with Crippen molar-refractivity contribution in [1.82, 2.24) is 0 Å². The van der Waals surface area contributed by atoms with Crippen molar-refractivity contribution in [2.75, 3.05) is 0 Å². The molecule has 2 heterocycles. The second kappa shape index (κ2) is 9.33. The lowest BCUT2D eigenvalue weighted by Gasteiger charge is -2.03. The summed E-state index contributed by atoms with van der Waals surface area (Å²) in [6.45, 7) is 0. The first-order valence-electron chi connectivity index (χ1n) is 10.7. The molecule has 0 saturated carbocycles. The highest BCUT2D eigenvalue weighted by atomic mass is 16.6. The number of hydrogen-bond acceptors (Lipinski definition) is 6. The molecule has 0 bridgehead atoms. The van der Waals surface area contributed by atoms with E-state index in [1.54, 1.807) is 24.3 Å². The third-order valence-corrected chi connectivity index (χ3v) is 5.40. The topological polar surface area (TPSA) is 106 Å². The molecule has 7 heteroatoms. The molecule has 0 saturated heterocycles. The van der Waals surface area contributed by atoms with Gasteiger partial charge in [-0.25, -0.2) is 4.99 Å². The average Bonchev–Trinajstić information content (AvgIpc) is 3.53. The zero-order chi connectivity index (χ0) is 24.2. The molecule has 168 valence electrons. The van der Waals surface area contributed by atoms with Crippen molar-refractivity contribution < 1.29 is 13.8 Å². The van der Waals surface area contributed by atoms with Crippen LogP contribution in [-0.4, -0.2) is 11.1 Å². The second-order valence-electron chi connectivity index (χ2n) is 7.59. The van der Waals surface area contributed by atoms with E-state index in [4.69, 9.17) is 8.83 Å². The summed E-state index contributed by atoms with van der Waals surface area (Å²) in [5.41, 5.74) is 3.40. The molecule has 0 radical (unpaired) electrons. The molecule has 0 aliphatic heterocycles. The van der Waals surface area contributed by atoms with Crippen LogP contribution >= 0.6 is 0 Å². The standard InChI is InChI=1S/C28H17N3O4/c29-17-24-26(20-7-3-1-4-8-20)27(21-9-5-2-6-10-21)35-28(24)30-18-23-15-16-25(34-23)19-11-13-22(14-12-19)31(32)33/h1-16,18H. The SMILES string of the molecule is N#Cc1c(N=Cc2ccc(-c3ccc([N+](=O)[O-])cc3)o2)oc(-c2ccccc2)c1-c1ccccc1. The van der Waals surface area contributed by atoms with Gasteiger partial charge < -0.3 is 8.83 Å². The molecule has 0 amide bonds. The summed E-state index contributed by atoms with van der Waals surface area (Å²) >= 11 is 0. The molecule has 3 aromatic carbocycles. The normalized spacial score (nSPS) is 10.9. The molecule has 0 unspecified atom stereocenters. The van der Waals surface area contributed by atoms with E-state index in [1.165, 1.54) is 18.3 Å². The van der Waals surface area contributed by atoms with Crippen molar-refractivity contribution in [1.29, 1.82) is 5.26 Å². The van der Waals surface area contributed by atoms with E-state index >= 15 is 0 Å². The minimum absolute atomic E-state index is 0.00684. The highest BCUT2D eigenvalue weighted by Gasteiger charge is 2.22. The third-order valence-electron chi connectivity index (χ3n) is 5.40. The fourth-order valence-electron chi connectivity index (χ4n) is 3.73. The van der Waals surface area contributed by atoms with Crippen LogP contribution in [-0.2, 0) is 0 Å². The van der Waals surface area contributed by atoms with Crippen LogP contribution in [0.15, 0.2) is 111 Å². The molecule has 0 aliphatic rings. The number of nitro groups is 1. The smallest absolute Gasteiger partial charge is 0.269 e. The molecule has 0 atom stereocenters. The summed E-state index contributed by atoms with van der Waals surface area (Å²) in [5.74, 6) is 1.72. The molecule has 5 aromatic rings. The van der Waals surface area contributed by atoms with Crippen LogP contribution in [0.5, 0.6) is 0 Å². The van der Waals surface area contributed by atoms with E-state index in [0.29, 0.717) is 34.0 Å². The Bertz CT molecular complexity index is 1560. The molecule has 0 fully saturated rings. The number of non-ortho nitro benzene ring substituents is 1. The molecule has 0 aliphatic carbocycles. The molecule has 0 N–H and O–H groups in total. The van der Waals surface area contributed by atoms with Gasteiger partial charge in [0, 0.05) is 28.8 Å². The maximum Gasteiger partial charge on any atom is 0.269 e. The Morgan fingerprint density at radius 2 is 1.46 bits per heavy atom. The third kappa shape index (κ3) is 4.36. The van der Waals surface area contributed by atoms with Gasteiger partial charge in [0.1, 0.15) is 28.9 Å². The average molecular weight is 459 g/mol. The first kappa shape index (κ1) is 21.6. The molecular formula is C28H17N3O4. The first-order valence-corrected chi connectivity index (χ1v) is 10.7. The van der Waals surface area contributed by atoms with Gasteiger partial charge in [-0.2, -0.15) is 5.26 Å². The Kier molecular flexibility index (Phi) is 5.76. The van der Waals surface area contributed by atoms with Crippen LogP contribution in [0.2, 0.25) is 0 Å². The zero-order valence-electron chi connectivity index (χ0n) is 18.3. The van der Waals surface area contributed by atoms with E-state index in [0.717, 1.165) is 11.1 Å². The van der Waals surface area contributed by atoms with Gasteiger partial charge >= 0.3 is 0 Å². The van der Waals surface area contributed by atoms with Crippen LogP contribution < -0.4 is 0 Å². The van der Waals surface area contributed by atoms with Crippen molar-refractivity contribution in [2.24, 2.45) is 4.99 Å². The van der Waals surface area contributed by atoms with Crippen molar-refractivity contribution in [2.45, 2.75) is 0 Å².